The van der Waals surface area contributed by atoms with E-state index >= 15 is 0 Å². The molecular weight excluding hydrogens is 262 g/mol. The lowest BCUT2D eigenvalue weighted by Crippen LogP contribution is -2.34. The van der Waals surface area contributed by atoms with Crippen molar-refractivity contribution >= 4 is 17.9 Å². The van der Waals surface area contributed by atoms with E-state index in [1.165, 1.54) is 0 Å². The van der Waals surface area contributed by atoms with E-state index in [2.05, 4.69) is 6.92 Å². The third-order valence-electron chi connectivity index (χ3n) is 3.96. The predicted molar refractivity (Wildman–Crippen MR) is 84.4 cm³/mol. The van der Waals surface area contributed by atoms with Crippen molar-refractivity contribution in [2.75, 3.05) is 0 Å². The van der Waals surface area contributed by atoms with Gasteiger partial charge in [0.15, 0.2) is 0 Å². The predicted octanol–water partition coefficient (Wildman–Crippen LogP) is 3.65. The van der Waals surface area contributed by atoms with Crippen LogP contribution in [0.3, 0.4) is 0 Å². The highest BCUT2D eigenvalue weighted by molar-refractivity contribution is 6.06. The standard InChI is InChI=1S/C18H23NO2/c1-4-5-11-15-16(12-20)17(14-9-7-6-8-10-14)19(13(2)3)18(15)21/h6-10,12-13,15H,4-5,11H2,1-3H3. The lowest BCUT2D eigenvalue weighted by molar-refractivity contribution is -0.131. The highest BCUT2D eigenvalue weighted by atomic mass is 16.2. The van der Waals surface area contributed by atoms with E-state index in [0.29, 0.717) is 5.57 Å². The van der Waals surface area contributed by atoms with Gasteiger partial charge in [0, 0.05) is 11.6 Å². The first-order valence-electron chi connectivity index (χ1n) is 7.69. The van der Waals surface area contributed by atoms with Crippen LogP contribution in [0.1, 0.15) is 45.6 Å². The van der Waals surface area contributed by atoms with Gasteiger partial charge in [-0.15, -0.1) is 0 Å². The van der Waals surface area contributed by atoms with Crippen molar-refractivity contribution in [3.05, 3.63) is 41.5 Å². The van der Waals surface area contributed by atoms with E-state index in [9.17, 15) is 9.59 Å². The monoisotopic (exact) mass is 285 g/mol. The van der Waals surface area contributed by atoms with E-state index < -0.39 is 0 Å². The van der Waals surface area contributed by atoms with Crippen molar-refractivity contribution in [1.29, 1.82) is 0 Å². The summed E-state index contributed by atoms with van der Waals surface area (Å²) in [4.78, 5) is 26.2. The molecule has 0 N–H and O–H groups in total. The number of hydrogen-bond donors (Lipinski definition) is 0. The second kappa shape index (κ2) is 6.70. The Morgan fingerprint density at radius 3 is 2.43 bits per heavy atom. The second-order valence-corrected chi connectivity index (χ2v) is 5.78. The number of carbonyl (C=O) groups excluding carboxylic acids is 2. The molecule has 1 atom stereocenters. The molecule has 1 aliphatic heterocycles. The molecule has 0 bridgehead atoms. The van der Waals surface area contributed by atoms with Crippen LogP contribution in [-0.4, -0.2) is 23.1 Å². The Hall–Kier alpha value is -1.90. The number of benzene rings is 1. The van der Waals surface area contributed by atoms with Crippen molar-refractivity contribution in [3.63, 3.8) is 0 Å². The molecule has 0 radical (unpaired) electrons. The largest absolute Gasteiger partial charge is 0.308 e. The Labute approximate surface area is 126 Å². The average Bonchev–Trinajstić information content (AvgIpc) is 2.78. The number of unbranched alkanes of at least 4 members (excludes halogenated alkanes) is 1. The molecular formula is C18H23NO2. The number of nitrogens with zero attached hydrogens (tertiary/aromatic N) is 1. The number of carbonyl (C=O) groups is 2. The van der Waals surface area contributed by atoms with Gasteiger partial charge < -0.3 is 4.90 Å². The van der Waals surface area contributed by atoms with E-state index in [0.717, 1.165) is 36.8 Å². The zero-order valence-electron chi connectivity index (χ0n) is 13.0. The first-order valence-corrected chi connectivity index (χ1v) is 7.69. The Morgan fingerprint density at radius 2 is 1.90 bits per heavy atom. The average molecular weight is 285 g/mol. The number of aldehydes is 1. The van der Waals surface area contributed by atoms with Crippen LogP contribution < -0.4 is 0 Å². The van der Waals surface area contributed by atoms with Crippen LogP contribution in [0.15, 0.2) is 35.9 Å². The van der Waals surface area contributed by atoms with Gasteiger partial charge in [0.2, 0.25) is 5.91 Å². The second-order valence-electron chi connectivity index (χ2n) is 5.78. The molecule has 21 heavy (non-hydrogen) atoms. The molecule has 3 heteroatoms. The third-order valence-corrected chi connectivity index (χ3v) is 3.96. The molecule has 0 aromatic heterocycles. The summed E-state index contributed by atoms with van der Waals surface area (Å²) in [6.07, 6.45) is 3.62. The fourth-order valence-corrected chi connectivity index (χ4v) is 2.95. The lowest BCUT2D eigenvalue weighted by atomic mass is 9.94. The summed E-state index contributed by atoms with van der Waals surface area (Å²) in [6.45, 7) is 6.08. The molecule has 0 aliphatic carbocycles. The summed E-state index contributed by atoms with van der Waals surface area (Å²) >= 11 is 0. The van der Waals surface area contributed by atoms with Crippen molar-refractivity contribution in [2.24, 2.45) is 5.92 Å². The van der Waals surface area contributed by atoms with Crippen molar-refractivity contribution in [3.8, 4) is 0 Å². The zero-order valence-corrected chi connectivity index (χ0v) is 13.0. The van der Waals surface area contributed by atoms with Crippen LogP contribution in [0.4, 0.5) is 0 Å². The Kier molecular flexibility index (Phi) is 4.94. The van der Waals surface area contributed by atoms with Gasteiger partial charge in [0.05, 0.1) is 11.6 Å². The third kappa shape index (κ3) is 2.92. The highest BCUT2D eigenvalue weighted by Gasteiger charge is 2.40. The number of rotatable bonds is 6. The van der Waals surface area contributed by atoms with Crippen LogP contribution in [-0.2, 0) is 9.59 Å². The van der Waals surface area contributed by atoms with Crippen LogP contribution >= 0.6 is 0 Å². The zero-order chi connectivity index (χ0) is 15.4. The van der Waals surface area contributed by atoms with E-state index in [1.807, 2.05) is 44.2 Å². The lowest BCUT2D eigenvalue weighted by Gasteiger charge is -2.25. The Bertz CT molecular complexity index is 546. The smallest absolute Gasteiger partial charge is 0.234 e. The fourth-order valence-electron chi connectivity index (χ4n) is 2.95. The molecule has 1 heterocycles. The van der Waals surface area contributed by atoms with Crippen molar-refractivity contribution in [2.45, 2.75) is 46.1 Å². The van der Waals surface area contributed by atoms with Gasteiger partial charge in [-0.2, -0.15) is 0 Å². The van der Waals surface area contributed by atoms with Gasteiger partial charge in [0.1, 0.15) is 6.29 Å². The van der Waals surface area contributed by atoms with Gasteiger partial charge in [-0.1, -0.05) is 50.1 Å². The summed E-state index contributed by atoms with van der Waals surface area (Å²) in [6, 6.07) is 9.79. The molecule has 1 aromatic carbocycles. The first-order chi connectivity index (χ1) is 10.1. The molecule has 1 aromatic rings. The Balaban J connectivity index is 2.51. The van der Waals surface area contributed by atoms with Gasteiger partial charge >= 0.3 is 0 Å². The minimum absolute atomic E-state index is 0.0503. The highest BCUT2D eigenvalue weighted by Crippen LogP contribution is 2.38. The molecule has 112 valence electrons. The minimum Gasteiger partial charge on any atom is -0.308 e. The quantitative estimate of drug-likeness (QED) is 0.748. The minimum atomic E-state index is -0.278. The maximum atomic E-state index is 12.7. The molecule has 0 saturated heterocycles. The molecule has 3 nitrogen and oxygen atoms in total. The van der Waals surface area contributed by atoms with Crippen molar-refractivity contribution in [1.82, 2.24) is 4.90 Å². The topological polar surface area (TPSA) is 37.4 Å². The van der Waals surface area contributed by atoms with Gasteiger partial charge in [-0.05, 0) is 25.8 Å². The molecule has 1 aliphatic rings. The molecule has 0 saturated carbocycles. The summed E-state index contributed by atoms with van der Waals surface area (Å²) in [7, 11) is 0. The van der Waals surface area contributed by atoms with E-state index in [4.69, 9.17) is 0 Å². The number of hydrogen-bond acceptors (Lipinski definition) is 2. The van der Waals surface area contributed by atoms with Gasteiger partial charge in [0.25, 0.3) is 0 Å². The molecule has 2 rings (SSSR count). The van der Waals surface area contributed by atoms with Crippen LogP contribution in [0, 0.1) is 5.92 Å². The van der Waals surface area contributed by atoms with E-state index in [-0.39, 0.29) is 17.9 Å². The summed E-state index contributed by atoms with van der Waals surface area (Å²) in [5, 5.41) is 0. The molecule has 0 spiro atoms. The summed E-state index contributed by atoms with van der Waals surface area (Å²) < 4.78 is 0. The van der Waals surface area contributed by atoms with Gasteiger partial charge in [-0.25, -0.2) is 0 Å². The maximum absolute atomic E-state index is 12.7. The maximum Gasteiger partial charge on any atom is 0.234 e. The SMILES string of the molecule is CCCCC1C(=O)N(C(C)C)C(c2ccccc2)=C1C=O. The summed E-state index contributed by atoms with van der Waals surface area (Å²) in [5.41, 5.74) is 2.39. The van der Waals surface area contributed by atoms with Crippen LogP contribution in [0.5, 0.6) is 0 Å². The van der Waals surface area contributed by atoms with Crippen molar-refractivity contribution < 1.29 is 9.59 Å². The molecule has 1 amide bonds. The summed E-state index contributed by atoms with van der Waals surface area (Å²) in [5.74, 6) is -0.209. The normalized spacial score (nSPS) is 18.8. The fraction of sp³-hybridized carbons (Fsp3) is 0.444. The van der Waals surface area contributed by atoms with Crippen LogP contribution in [0.2, 0.25) is 0 Å². The molecule has 1 unspecified atom stereocenters. The van der Waals surface area contributed by atoms with Gasteiger partial charge in [-0.3, -0.25) is 9.59 Å². The molecule has 0 fully saturated rings. The van der Waals surface area contributed by atoms with Crippen LogP contribution in [0.25, 0.3) is 5.70 Å². The Morgan fingerprint density at radius 1 is 1.24 bits per heavy atom. The van der Waals surface area contributed by atoms with E-state index in [1.54, 1.807) is 4.90 Å². The first kappa shape index (κ1) is 15.5. The number of amides is 1.